The molecule has 0 aromatic heterocycles. The van der Waals surface area contributed by atoms with Gasteiger partial charge in [0, 0.05) is 37.3 Å². The zero-order chi connectivity index (χ0) is 31.5. The average Bonchev–Trinajstić information content (AvgIpc) is 3.44. The number of nitrogens with two attached hydrogens (primary N) is 1. The highest BCUT2D eigenvalue weighted by molar-refractivity contribution is 6.24. The first-order chi connectivity index (χ1) is 20.2. The molecule has 0 radical (unpaired) electrons. The van der Waals surface area contributed by atoms with E-state index in [0.717, 1.165) is 25.7 Å². The molecule has 232 valence electrons. The molecule has 13 nitrogen and oxygen atoms in total. The Morgan fingerprint density at radius 3 is 2.33 bits per heavy atom. The number of hydrogen-bond acceptors (Lipinski definition) is 11. The topological polar surface area (TPSA) is 206 Å². The molecule has 1 aromatic rings. The van der Waals surface area contributed by atoms with Crippen molar-refractivity contribution in [2.75, 3.05) is 45.0 Å². The van der Waals surface area contributed by atoms with Crippen molar-refractivity contribution in [1.82, 2.24) is 10.2 Å². The summed E-state index contributed by atoms with van der Waals surface area (Å²) in [6.45, 7) is 0.0279. The molecule has 43 heavy (non-hydrogen) atoms. The van der Waals surface area contributed by atoms with Gasteiger partial charge in [0.1, 0.15) is 22.8 Å². The van der Waals surface area contributed by atoms with Crippen LogP contribution >= 0.6 is 0 Å². The lowest BCUT2D eigenvalue weighted by Crippen LogP contribution is -2.65. The Morgan fingerprint density at radius 1 is 1.09 bits per heavy atom. The number of carbonyl (C=O) groups excluding carboxylic acids is 4. The van der Waals surface area contributed by atoms with Gasteiger partial charge in [-0.05, 0) is 57.3 Å². The summed E-state index contributed by atoms with van der Waals surface area (Å²) in [7, 11) is 6.62. The number of nitrogens with one attached hydrogen (secondary N) is 2. The maximum absolute atomic E-state index is 14.1. The average molecular weight is 598 g/mol. The second-order valence-electron chi connectivity index (χ2n) is 12.4. The van der Waals surface area contributed by atoms with Crippen LogP contribution in [-0.4, -0.2) is 101 Å². The monoisotopic (exact) mass is 597 g/mol. The number of rotatable bonds is 7. The zero-order valence-electron chi connectivity index (χ0n) is 24.7. The maximum Gasteiger partial charge on any atom is 0.255 e. The second kappa shape index (κ2) is 11.0. The van der Waals surface area contributed by atoms with E-state index in [4.69, 9.17) is 5.73 Å². The quantitative estimate of drug-likeness (QED) is 0.170. The molecule has 2 saturated carbocycles. The van der Waals surface area contributed by atoms with E-state index in [1.807, 2.05) is 0 Å². The molecule has 8 N–H and O–H groups in total. The number of Topliss-reactive ketones (excluding diaryl/α,β-unsaturated/α-hetero) is 2. The Kier molecular flexibility index (Phi) is 7.78. The van der Waals surface area contributed by atoms with Crippen molar-refractivity contribution in [3.8, 4) is 5.75 Å². The molecule has 5 rings (SSSR count). The number of ketones is 2. The Morgan fingerprint density at radius 2 is 1.74 bits per heavy atom. The van der Waals surface area contributed by atoms with Gasteiger partial charge in [-0.3, -0.25) is 24.1 Å². The summed E-state index contributed by atoms with van der Waals surface area (Å²) >= 11 is 0. The van der Waals surface area contributed by atoms with E-state index in [1.54, 1.807) is 39.2 Å². The molecule has 0 aliphatic heterocycles. The number of aromatic hydroxyl groups is 1. The first kappa shape index (κ1) is 30.5. The number of hydrogen-bond donors (Lipinski definition) is 7. The highest BCUT2D eigenvalue weighted by Crippen LogP contribution is 2.54. The van der Waals surface area contributed by atoms with Crippen LogP contribution in [0.1, 0.15) is 43.2 Å². The Hall–Kier alpha value is -3.94. The number of primary amides is 1. The minimum absolute atomic E-state index is 0.00921. The minimum atomic E-state index is -2.72. The smallest absolute Gasteiger partial charge is 0.255 e. The number of aliphatic hydroxyl groups is 3. The third-order valence-corrected chi connectivity index (χ3v) is 9.36. The lowest BCUT2D eigenvalue weighted by atomic mass is 9.57. The van der Waals surface area contributed by atoms with Gasteiger partial charge < -0.3 is 41.7 Å². The summed E-state index contributed by atoms with van der Waals surface area (Å²) in [5, 5.41) is 51.6. The molecular weight excluding hydrogens is 558 g/mol. The van der Waals surface area contributed by atoms with E-state index >= 15 is 0 Å². The molecule has 2 fully saturated rings. The highest BCUT2D eigenvalue weighted by atomic mass is 16.3. The number of benzene rings is 1. The van der Waals surface area contributed by atoms with Gasteiger partial charge in [-0.1, -0.05) is 12.8 Å². The molecule has 13 heteroatoms. The van der Waals surface area contributed by atoms with E-state index in [1.165, 1.54) is 4.90 Å². The van der Waals surface area contributed by atoms with Crippen LogP contribution < -0.4 is 21.3 Å². The lowest BCUT2D eigenvalue weighted by molar-refractivity contribution is -0.153. The molecule has 4 aliphatic rings. The summed E-state index contributed by atoms with van der Waals surface area (Å²) < 4.78 is 0. The fourth-order valence-corrected chi connectivity index (χ4v) is 7.35. The summed E-state index contributed by atoms with van der Waals surface area (Å²) in [6.07, 6.45) is 4.31. The van der Waals surface area contributed by atoms with Crippen LogP contribution in [0.2, 0.25) is 0 Å². The van der Waals surface area contributed by atoms with Crippen molar-refractivity contribution in [3.05, 3.63) is 34.1 Å². The normalized spacial score (nSPS) is 27.3. The van der Waals surface area contributed by atoms with Crippen LogP contribution in [0.5, 0.6) is 5.75 Å². The first-order valence-corrected chi connectivity index (χ1v) is 14.4. The van der Waals surface area contributed by atoms with Gasteiger partial charge in [0.05, 0.1) is 23.8 Å². The number of likely N-dealkylation sites (N-methyl/N-ethyl adjacent to an activating group) is 1. The molecule has 2 amide bonds. The lowest BCUT2D eigenvalue weighted by Gasteiger charge is -2.50. The van der Waals surface area contributed by atoms with E-state index in [-0.39, 0.29) is 42.3 Å². The summed E-state index contributed by atoms with van der Waals surface area (Å²) in [6, 6.07) is 0.691. The third kappa shape index (κ3) is 4.75. The number of fused-ring (bicyclic) bond motifs is 3. The molecule has 2 unspecified atom stereocenters. The van der Waals surface area contributed by atoms with Crippen molar-refractivity contribution < 1.29 is 39.6 Å². The van der Waals surface area contributed by atoms with Crippen LogP contribution in [0.25, 0.3) is 5.76 Å². The predicted molar refractivity (Wildman–Crippen MR) is 157 cm³/mol. The second-order valence-corrected chi connectivity index (χ2v) is 12.4. The summed E-state index contributed by atoms with van der Waals surface area (Å²) in [4.78, 5) is 55.5. The van der Waals surface area contributed by atoms with Gasteiger partial charge >= 0.3 is 0 Å². The summed E-state index contributed by atoms with van der Waals surface area (Å²) in [5.41, 5.74) is 2.58. The van der Waals surface area contributed by atoms with E-state index in [2.05, 4.69) is 10.6 Å². The standard InChI is InChI=1S/C30H39N5O8/c1-34(2)18-11-17(33-19(36)12-32-14-7-5-6-8-14)24(37)21-15(18)9-13-10-16-23(35(3)4)26(39)22(29(31)42)28(41)30(16,43)27(40)20(13)25(21)38/h11,13-14,16,23,32,37-38,41,43H,5-10,12H2,1-4H3,(H2,31,42)(H,33,36)/t13?,16?,23-,30-/m0/s1. The number of anilines is 2. The highest BCUT2D eigenvalue weighted by Gasteiger charge is 2.64. The fraction of sp³-hybridized carbons (Fsp3) is 0.533. The predicted octanol–water partition coefficient (Wildman–Crippen LogP) is 0.501. The molecule has 0 bridgehead atoms. The number of phenolic OH excluding ortho intramolecular Hbond substituents is 1. The maximum atomic E-state index is 14.1. The zero-order valence-corrected chi connectivity index (χ0v) is 24.7. The number of amides is 2. The molecule has 1 aromatic carbocycles. The summed E-state index contributed by atoms with van der Waals surface area (Å²) in [5.74, 6) is -7.65. The Bertz CT molecular complexity index is 1470. The fourth-order valence-electron chi connectivity index (χ4n) is 7.35. The molecule has 4 aliphatic carbocycles. The number of phenols is 1. The minimum Gasteiger partial charge on any atom is -0.508 e. The Balaban J connectivity index is 1.60. The van der Waals surface area contributed by atoms with Crippen LogP contribution in [0, 0.1) is 11.8 Å². The first-order valence-electron chi connectivity index (χ1n) is 14.4. The van der Waals surface area contributed by atoms with Crippen LogP contribution in [-0.2, 0) is 25.6 Å². The van der Waals surface area contributed by atoms with Crippen molar-refractivity contribution in [2.45, 2.75) is 56.2 Å². The van der Waals surface area contributed by atoms with Crippen molar-refractivity contribution in [1.29, 1.82) is 0 Å². The largest absolute Gasteiger partial charge is 0.508 e. The van der Waals surface area contributed by atoms with Crippen molar-refractivity contribution in [3.63, 3.8) is 0 Å². The van der Waals surface area contributed by atoms with Gasteiger partial charge in [0.2, 0.25) is 11.7 Å². The van der Waals surface area contributed by atoms with Gasteiger partial charge in [-0.25, -0.2) is 0 Å². The van der Waals surface area contributed by atoms with Gasteiger partial charge in [0.15, 0.2) is 11.4 Å². The van der Waals surface area contributed by atoms with Crippen LogP contribution in [0.15, 0.2) is 23.0 Å². The van der Waals surface area contributed by atoms with Crippen molar-refractivity contribution in [2.24, 2.45) is 17.6 Å². The van der Waals surface area contributed by atoms with Gasteiger partial charge in [-0.15, -0.1) is 0 Å². The van der Waals surface area contributed by atoms with E-state index in [9.17, 15) is 39.6 Å². The van der Waals surface area contributed by atoms with Crippen LogP contribution in [0.4, 0.5) is 11.4 Å². The Labute approximate surface area is 249 Å². The number of carbonyl (C=O) groups is 4. The van der Waals surface area contributed by atoms with Crippen molar-refractivity contribution >= 4 is 40.5 Å². The molecular formula is C30H39N5O8. The van der Waals surface area contributed by atoms with E-state index in [0.29, 0.717) is 11.3 Å². The number of nitrogens with zero attached hydrogens (tertiary/aromatic N) is 2. The number of aliphatic hydroxyl groups excluding tert-OH is 2. The molecule has 0 saturated heterocycles. The third-order valence-electron chi connectivity index (χ3n) is 9.36. The molecule has 0 heterocycles. The van der Waals surface area contributed by atoms with Gasteiger partial charge in [0.25, 0.3) is 5.91 Å². The van der Waals surface area contributed by atoms with Crippen LogP contribution in [0.3, 0.4) is 0 Å². The van der Waals surface area contributed by atoms with E-state index < -0.39 is 69.7 Å². The molecule has 0 spiro atoms. The molecule has 4 atom stereocenters. The SMILES string of the molecule is CN(C)c1cc(NC(=O)CNC2CCCC2)c(O)c2c1CC1CC3[C@H](N(C)C)C(=O)C(C(N)=O)=C(O)[C@@]3(O)C(=O)C1=C2O. The van der Waals surface area contributed by atoms with Gasteiger partial charge in [-0.2, -0.15) is 0 Å².